The maximum atomic E-state index is 12.9. The van der Waals surface area contributed by atoms with Crippen LogP contribution in [0.3, 0.4) is 0 Å². The summed E-state index contributed by atoms with van der Waals surface area (Å²) in [6, 6.07) is 10.3. The zero-order valence-corrected chi connectivity index (χ0v) is 13.6. The van der Waals surface area contributed by atoms with Crippen LogP contribution in [0.4, 0.5) is 4.39 Å². The Balaban J connectivity index is 1.75. The van der Waals surface area contributed by atoms with Crippen LogP contribution in [0.15, 0.2) is 64.3 Å². The van der Waals surface area contributed by atoms with E-state index in [0.717, 1.165) is 29.0 Å². The number of nitrogens with one attached hydrogen (secondary N) is 1. The molecule has 0 spiro atoms. The van der Waals surface area contributed by atoms with Crippen molar-refractivity contribution in [3.63, 3.8) is 0 Å². The number of thiophene rings is 1. The van der Waals surface area contributed by atoms with Crippen LogP contribution in [0.25, 0.3) is 11.3 Å². The molecule has 0 aliphatic carbocycles. The molecule has 7 heteroatoms. The van der Waals surface area contributed by atoms with Gasteiger partial charge in [-0.05, 0) is 53.4 Å². The zero-order chi connectivity index (χ0) is 16.3. The van der Waals surface area contributed by atoms with Crippen molar-refractivity contribution in [2.45, 2.75) is 11.4 Å². The molecular weight excluding hydrogens is 335 g/mol. The number of sulfonamides is 1. The van der Waals surface area contributed by atoms with Gasteiger partial charge < -0.3 is 0 Å². The summed E-state index contributed by atoms with van der Waals surface area (Å²) in [7, 11) is -3.68. The predicted octanol–water partition coefficient (Wildman–Crippen LogP) is 3.43. The Labute approximate surface area is 137 Å². The van der Waals surface area contributed by atoms with Crippen molar-refractivity contribution in [1.82, 2.24) is 9.71 Å². The second-order valence-corrected chi connectivity index (χ2v) is 7.39. The van der Waals surface area contributed by atoms with E-state index in [9.17, 15) is 12.8 Å². The molecule has 0 aliphatic rings. The molecule has 0 saturated carbocycles. The average Bonchev–Trinajstić information content (AvgIpc) is 3.08. The Morgan fingerprint density at radius 1 is 1.13 bits per heavy atom. The van der Waals surface area contributed by atoms with Crippen LogP contribution in [0.2, 0.25) is 0 Å². The molecule has 0 atom stereocenters. The van der Waals surface area contributed by atoms with Crippen LogP contribution in [-0.4, -0.2) is 13.4 Å². The molecule has 0 bridgehead atoms. The predicted molar refractivity (Wildman–Crippen MR) is 88.0 cm³/mol. The molecule has 0 unspecified atom stereocenters. The summed E-state index contributed by atoms with van der Waals surface area (Å²) in [5, 5.41) is 3.94. The third-order valence-electron chi connectivity index (χ3n) is 3.23. The van der Waals surface area contributed by atoms with Gasteiger partial charge >= 0.3 is 0 Å². The normalized spacial score (nSPS) is 11.5. The molecule has 0 aliphatic heterocycles. The number of rotatable bonds is 5. The van der Waals surface area contributed by atoms with Crippen LogP contribution in [-0.2, 0) is 16.6 Å². The van der Waals surface area contributed by atoms with Gasteiger partial charge in [0.05, 0.1) is 10.6 Å². The van der Waals surface area contributed by atoms with E-state index in [0.29, 0.717) is 0 Å². The fourth-order valence-electron chi connectivity index (χ4n) is 2.03. The highest BCUT2D eigenvalue weighted by atomic mass is 32.2. The molecular formula is C16H13FN2O2S2. The van der Waals surface area contributed by atoms with Gasteiger partial charge in [0, 0.05) is 23.7 Å². The Kier molecular flexibility index (Phi) is 4.51. The zero-order valence-electron chi connectivity index (χ0n) is 11.9. The fourth-order valence-corrected chi connectivity index (χ4v) is 3.70. The summed E-state index contributed by atoms with van der Waals surface area (Å²) in [4.78, 5) is 4.32. The molecule has 0 saturated heterocycles. The van der Waals surface area contributed by atoms with E-state index in [-0.39, 0.29) is 11.4 Å². The van der Waals surface area contributed by atoms with E-state index >= 15 is 0 Å². The van der Waals surface area contributed by atoms with Gasteiger partial charge in [-0.1, -0.05) is 0 Å². The molecule has 2 aromatic heterocycles. The minimum absolute atomic E-state index is 0.0333. The van der Waals surface area contributed by atoms with Crippen LogP contribution in [0.1, 0.15) is 5.56 Å². The van der Waals surface area contributed by atoms with Crippen molar-refractivity contribution in [3.8, 4) is 11.3 Å². The van der Waals surface area contributed by atoms with E-state index in [2.05, 4.69) is 9.71 Å². The van der Waals surface area contributed by atoms with E-state index in [1.165, 1.54) is 12.1 Å². The van der Waals surface area contributed by atoms with E-state index in [4.69, 9.17) is 0 Å². The molecule has 118 valence electrons. The van der Waals surface area contributed by atoms with Crippen molar-refractivity contribution >= 4 is 21.4 Å². The lowest BCUT2D eigenvalue weighted by Gasteiger charge is -2.07. The van der Waals surface area contributed by atoms with Crippen molar-refractivity contribution in [3.05, 3.63) is 70.8 Å². The van der Waals surface area contributed by atoms with Crippen molar-refractivity contribution in [1.29, 1.82) is 0 Å². The molecule has 23 heavy (non-hydrogen) atoms. The van der Waals surface area contributed by atoms with Gasteiger partial charge in [0.15, 0.2) is 0 Å². The van der Waals surface area contributed by atoms with Gasteiger partial charge in [0.25, 0.3) is 0 Å². The first-order chi connectivity index (χ1) is 11.0. The maximum absolute atomic E-state index is 12.9. The number of halogens is 1. The highest BCUT2D eigenvalue weighted by molar-refractivity contribution is 7.89. The van der Waals surface area contributed by atoms with Crippen LogP contribution in [0.5, 0.6) is 0 Å². The summed E-state index contributed by atoms with van der Waals surface area (Å²) in [5.41, 5.74) is 2.59. The number of pyridine rings is 1. The van der Waals surface area contributed by atoms with Gasteiger partial charge in [-0.3, -0.25) is 4.98 Å². The summed E-state index contributed by atoms with van der Waals surface area (Å²) in [6.07, 6.45) is 1.65. The second kappa shape index (κ2) is 6.57. The van der Waals surface area contributed by atoms with E-state index < -0.39 is 15.8 Å². The molecule has 0 fully saturated rings. The Bertz CT molecular complexity index is 892. The van der Waals surface area contributed by atoms with Crippen molar-refractivity contribution < 1.29 is 12.8 Å². The number of aromatic nitrogens is 1. The van der Waals surface area contributed by atoms with Gasteiger partial charge in [-0.15, -0.1) is 0 Å². The topological polar surface area (TPSA) is 59.1 Å². The standard InChI is InChI=1S/C16H13FN2O2S2/c17-14-1-3-15(4-2-14)23(20,21)19-10-12-5-7-18-16(9-12)13-6-8-22-11-13/h1-9,11,19H,10H2. The SMILES string of the molecule is O=S(=O)(NCc1ccnc(-c2ccsc2)c1)c1ccc(F)cc1. The number of hydrogen-bond donors (Lipinski definition) is 1. The second-order valence-electron chi connectivity index (χ2n) is 4.84. The van der Waals surface area contributed by atoms with E-state index in [1.54, 1.807) is 23.6 Å². The van der Waals surface area contributed by atoms with Crippen LogP contribution >= 0.6 is 11.3 Å². The van der Waals surface area contributed by atoms with Gasteiger partial charge in [0.2, 0.25) is 10.0 Å². The molecule has 1 aromatic carbocycles. The third kappa shape index (κ3) is 3.82. The molecule has 0 radical (unpaired) electrons. The first-order valence-corrected chi connectivity index (χ1v) is 9.20. The van der Waals surface area contributed by atoms with Crippen LogP contribution in [0, 0.1) is 5.82 Å². The Morgan fingerprint density at radius 2 is 1.91 bits per heavy atom. The van der Waals surface area contributed by atoms with Crippen molar-refractivity contribution in [2.24, 2.45) is 0 Å². The fraction of sp³-hybridized carbons (Fsp3) is 0.0625. The molecule has 3 rings (SSSR count). The van der Waals surface area contributed by atoms with Crippen molar-refractivity contribution in [2.75, 3.05) is 0 Å². The first-order valence-electron chi connectivity index (χ1n) is 6.77. The lowest BCUT2D eigenvalue weighted by Crippen LogP contribution is -2.23. The molecule has 3 aromatic rings. The first kappa shape index (κ1) is 15.8. The highest BCUT2D eigenvalue weighted by Crippen LogP contribution is 2.20. The Morgan fingerprint density at radius 3 is 2.61 bits per heavy atom. The van der Waals surface area contributed by atoms with Gasteiger partial charge in [-0.25, -0.2) is 17.5 Å². The largest absolute Gasteiger partial charge is 0.256 e. The minimum Gasteiger partial charge on any atom is -0.256 e. The highest BCUT2D eigenvalue weighted by Gasteiger charge is 2.13. The third-order valence-corrected chi connectivity index (χ3v) is 5.33. The molecule has 1 N–H and O–H groups in total. The quantitative estimate of drug-likeness (QED) is 0.768. The number of hydrogen-bond acceptors (Lipinski definition) is 4. The van der Waals surface area contributed by atoms with Gasteiger partial charge in [-0.2, -0.15) is 11.3 Å². The van der Waals surface area contributed by atoms with Crippen LogP contribution < -0.4 is 4.72 Å². The minimum atomic E-state index is -3.68. The lowest BCUT2D eigenvalue weighted by molar-refractivity contribution is 0.580. The van der Waals surface area contributed by atoms with Gasteiger partial charge in [0.1, 0.15) is 5.82 Å². The molecule has 4 nitrogen and oxygen atoms in total. The smallest absolute Gasteiger partial charge is 0.240 e. The molecule has 0 amide bonds. The lowest BCUT2D eigenvalue weighted by atomic mass is 10.1. The molecule has 2 heterocycles. The summed E-state index contributed by atoms with van der Waals surface area (Å²) in [5.74, 6) is -0.474. The summed E-state index contributed by atoms with van der Waals surface area (Å²) in [6.45, 7) is 0.138. The average molecular weight is 348 g/mol. The summed E-state index contributed by atoms with van der Waals surface area (Å²) >= 11 is 1.57. The number of nitrogens with zero attached hydrogens (tertiary/aromatic N) is 1. The van der Waals surface area contributed by atoms with E-state index in [1.807, 2.05) is 22.9 Å². The maximum Gasteiger partial charge on any atom is 0.240 e. The Hall–Kier alpha value is -2.09. The monoisotopic (exact) mass is 348 g/mol. The number of benzene rings is 1. The summed E-state index contributed by atoms with van der Waals surface area (Å²) < 4.78 is 39.8.